The molecule has 0 radical (unpaired) electrons. The Morgan fingerprint density at radius 1 is 0.191 bits per heavy atom. The molecule has 0 bridgehead atoms. The molecule has 18 aromatic carbocycles. The topological polar surface area (TPSA) is 110 Å². The number of hydrogen-bond donors (Lipinski definition) is 0. The van der Waals surface area contributed by atoms with Gasteiger partial charge in [0.1, 0.15) is 22.7 Å². The molecule has 0 saturated heterocycles. The Morgan fingerprint density at radius 3 is 0.757 bits per heavy atom. The van der Waals surface area contributed by atoms with Crippen molar-refractivity contribution >= 4 is 56.8 Å². The highest BCUT2D eigenvalue weighted by atomic mass is 16.3. The Hall–Kier alpha value is -17.9. The fourth-order valence-corrected chi connectivity index (χ4v) is 20.5. The molecule has 22 aromatic rings. The number of para-hydroxylation sites is 4. The van der Waals surface area contributed by atoms with Crippen molar-refractivity contribution in [1.82, 2.24) is 29.9 Å². The Kier molecular flexibility index (Phi) is 20.3. The molecule has 0 saturated carbocycles. The second-order valence-electron chi connectivity index (χ2n) is 35.0. The van der Waals surface area contributed by atoms with Crippen molar-refractivity contribution in [3.05, 3.63) is 507 Å². The molecule has 10 nitrogen and oxygen atoms in total. The van der Waals surface area contributed by atoms with Crippen LogP contribution >= 0.6 is 0 Å². The van der Waals surface area contributed by atoms with Gasteiger partial charge in [-0.25, -0.2) is 29.9 Å². The van der Waals surface area contributed by atoms with E-state index in [9.17, 15) is 0 Å². The van der Waals surface area contributed by atoms with Gasteiger partial charge in [-0.1, -0.05) is 406 Å². The average molecular weight is 1740 g/mol. The zero-order chi connectivity index (χ0) is 89.9. The predicted octanol–water partition coefficient (Wildman–Crippen LogP) is 31.9. The van der Waals surface area contributed by atoms with E-state index < -0.39 is 0 Å². The number of aromatic nitrogens is 6. The van der Waals surface area contributed by atoms with Crippen molar-refractivity contribution in [1.29, 1.82) is 0 Å². The number of nitrogens with zero attached hydrogens (tertiary/aromatic N) is 8. The van der Waals surface area contributed by atoms with Crippen molar-refractivity contribution < 1.29 is 8.83 Å². The van der Waals surface area contributed by atoms with Gasteiger partial charge < -0.3 is 18.6 Å². The lowest BCUT2D eigenvalue weighted by molar-refractivity contribution is 0.584. The number of fused-ring (bicyclic) bond motifs is 14. The van der Waals surface area contributed by atoms with Crippen LogP contribution in [0.5, 0.6) is 0 Å². The highest BCUT2D eigenvalue weighted by Gasteiger charge is 2.46. The van der Waals surface area contributed by atoms with E-state index in [1.54, 1.807) is 0 Å². The molecule has 0 fully saturated rings. The van der Waals surface area contributed by atoms with Crippen molar-refractivity contribution in [2.24, 2.45) is 0 Å². The molecule has 4 aromatic heterocycles. The van der Waals surface area contributed by atoms with Crippen LogP contribution in [-0.4, -0.2) is 42.0 Å². The number of benzene rings is 18. The molecular weight excluding hydrogens is 1660 g/mol. The van der Waals surface area contributed by atoms with Gasteiger partial charge in [0.25, 0.3) is 0 Å². The lowest BCUT2D eigenvalue weighted by Crippen LogP contribution is -2.30. The van der Waals surface area contributed by atoms with E-state index in [0.29, 0.717) is 34.9 Å². The standard InChI is InChI=1S/2C63H42N4O/c1-4-15-41(16-5-1)44-29-31-46(32-30-44)61-64-62(50-24-13-23-49(40-50)43-19-8-3-9-20-43)66-63(65-61)54-27-14-26-53-59-57(68-60(53)54)38-37-56-58(59)52-25-10-11-28-55(52)67(56)51-35-33-45(34-36-51)48-22-12-21-47(39-48)42-17-6-2-7-18-42;1-4-14-41(15-5-1)44-26-30-47(31-27-44)61-64-62(48-32-28-45(29-33-48)42-16-6-2-7-17-42)66-63(65-61)54-24-13-23-53-59-57(68-60(53)54)39-38-56-58(59)52-22-10-11-25-55(52)67(56)51-36-34-46(35-37-51)50-21-12-20-49(40-50)43-18-8-3-9-19-43/h2*1-40,56,58H. The highest BCUT2D eigenvalue weighted by molar-refractivity contribution is 6.00. The Bertz CT molecular complexity index is 8220. The fourth-order valence-electron chi connectivity index (χ4n) is 20.5. The minimum atomic E-state index is 0.0401. The van der Waals surface area contributed by atoms with Gasteiger partial charge in [-0.05, 0) is 179 Å². The van der Waals surface area contributed by atoms with Crippen LogP contribution in [-0.2, 0) is 0 Å². The van der Waals surface area contributed by atoms with Gasteiger partial charge >= 0.3 is 0 Å². The van der Waals surface area contributed by atoms with E-state index in [1.807, 2.05) is 24.3 Å². The summed E-state index contributed by atoms with van der Waals surface area (Å²) in [6.07, 6.45) is 8.94. The zero-order valence-electron chi connectivity index (χ0n) is 73.9. The third-order valence-corrected chi connectivity index (χ3v) is 27.0. The van der Waals surface area contributed by atoms with Gasteiger partial charge in [0.15, 0.2) is 34.9 Å². The third kappa shape index (κ3) is 14.8. The summed E-state index contributed by atoms with van der Waals surface area (Å²) in [4.78, 5) is 36.2. The van der Waals surface area contributed by atoms with E-state index in [-0.39, 0.29) is 23.9 Å². The van der Waals surface area contributed by atoms with Gasteiger partial charge in [0.2, 0.25) is 0 Å². The summed E-state index contributed by atoms with van der Waals surface area (Å²) in [6.45, 7) is 0. The molecule has 0 N–H and O–H groups in total. The number of hydrogen-bond acceptors (Lipinski definition) is 10. The van der Waals surface area contributed by atoms with Crippen LogP contribution in [0.3, 0.4) is 0 Å². The van der Waals surface area contributed by atoms with Crippen molar-refractivity contribution in [3.63, 3.8) is 0 Å². The van der Waals surface area contributed by atoms with E-state index in [1.165, 1.54) is 78.1 Å². The maximum Gasteiger partial charge on any atom is 0.167 e. The van der Waals surface area contributed by atoms with Crippen LogP contribution < -0.4 is 9.80 Å². The van der Waals surface area contributed by atoms with Gasteiger partial charge in [-0.15, -0.1) is 0 Å². The lowest BCUT2D eigenvalue weighted by atomic mass is 9.82. The van der Waals surface area contributed by atoms with Crippen molar-refractivity contribution in [2.75, 3.05) is 9.80 Å². The summed E-state index contributed by atoms with van der Waals surface area (Å²) in [5.74, 6) is 5.31. The fraction of sp³-hybridized carbons (Fsp3) is 0.0317. The molecule has 6 heterocycles. The normalized spacial score (nSPS) is 14.7. The molecular formula is C126H84N8O2. The first-order chi connectivity index (χ1) is 67.4. The first kappa shape index (κ1) is 80.2. The molecule has 4 aliphatic rings. The molecule has 4 atom stereocenters. The SMILES string of the molecule is C1=CC2C(c3ccccc3N2c2ccc(-c3cccc(-c4ccccc4)c3)cc2)c2c1oc1c(-c3nc(-c4ccc(-c5ccccc5)cc4)nc(-c4ccc(-c5ccccc5)cc4)n3)cccc21.C1=CC2C(c3ccccc3N2c2ccc(-c3cccc(-c4ccccc4)c3)cc2)c2c1oc1c(-c3nc(-c4ccc(-c5ccccc5)cc4)nc(-c4cccc(-c5ccccc5)c4)n3)cccc21. The van der Waals surface area contributed by atoms with Crippen LogP contribution in [0.15, 0.2) is 482 Å². The molecule has 2 aliphatic carbocycles. The largest absolute Gasteiger partial charge is 0.456 e. The lowest BCUT2D eigenvalue weighted by Gasteiger charge is -2.30. The molecule has 10 heteroatoms. The molecule has 136 heavy (non-hydrogen) atoms. The second kappa shape index (κ2) is 34.5. The highest BCUT2D eigenvalue weighted by Crippen LogP contribution is 2.57. The second-order valence-corrected chi connectivity index (χ2v) is 35.0. The molecule has 4 unspecified atom stereocenters. The van der Waals surface area contributed by atoms with Gasteiger partial charge in [-0.2, -0.15) is 0 Å². The summed E-state index contributed by atoms with van der Waals surface area (Å²) in [5, 5.41) is 2.12. The van der Waals surface area contributed by atoms with Crippen LogP contribution in [0.4, 0.5) is 22.7 Å². The van der Waals surface area contributed by atoms with Crippen LogP contribution in [0.2, 0.25) is 0 Å². The summed E-state index contributed by atoms with van der Waals surface area (Å²) >= 11 is 0. The first-order valence-electron chi connectivity index (χ1n) is 46.3. The molecule has 0 spiro atoms. The summed E-state index contributed by atoms with van der Waals surface area (Å²) in [5.41, 5.74) is 35.1. The van der Waals surface area contributed by atoms with Crippen LogP contribution in [0.1, 0.15) is 45.6 Å². The Balaban J connectivity index is 0.000000145. The summed E-state index contributed by atoms with van der Waals surface area (Å²) < 4.78 is 13.9. The van der Waals surface area contributed by atoms with Crippen LogP contribution in [0, 0.1) is 0 Å². The van der Waals surface area contributed by atoms with Crippen molar-refractivity contribution in [3.8, 4) is 157 Å². The maximum atomic E-state index is 6.97. The minimum absolute atomic E-state index is 0.0401. The summed E-state index contributed by atoms with van der Waals surface area (Å²) in [7, 11) is 0. The smallest absolute Gasteiger partial charge is 0.167 e. The monoisotopic (exact) mass is 1740 g/mol. The van der Waals surface area contributed by atoms with Gasteiger partial charge in [0.05, 0.1) is 23.2 Å². The molecule has 26 rings (SSSR count). The number of furan rings is 2. The van der Waals surface area contributed by atoms with E-state index >= 15 is 0 Å². The zero-order valence-corrected chi connectivity index (χ0v) is 73.9. The van der Waals surface area contributed by atoms with Crippen molar-refractivity contribution in [2.45, 2.75) is 23.9 Å². The quantitative estimate of drug-likeness (QED) is 0.0927. The molecule has 640 valence electrons. The third-order valence-electron chi connectivity index (χ3n) is 27.0. The Labute approximate surface area is 788 Å². The van der Waals surface area contributed by atoms with Crippen LogP contribution in [0.25, 0.3) is 191 Å². The predicted molar refractivity (Wildman–Crippen MR) is 555 cm³/mol. The maximum absolute atomic E-state index is 6.97. The first-order valence-corrected chi connectivity index (χ1v) is 46.3. The summed E-state index contributed by atoms with van der Waals surface area (Å²) in [6, 6.07) is 163. The van der Waals surface area contributed by atoms with E-state index in [2.05, 4.69) is 471 Å². The van der Waals surface area contributed by atoms with E-state index in [4.69, 9.17) is 38.7 Å². The number of anilines is 4. The Morgan fingerprint density at radius 2 is 0.426 bits per heavy atom. The van der Waals surface area contributed by atoms with Gasteiger partial charge in [-0.3, -0.25) is 0 Å². The minimum Gasteiger partial charge on any atom is -0.456 e. The average Bonchev–Trinajstić information content (AvgIpc) is 1.56. The van der Waals surface area contributed by atoms with E-state index in [0.717, 1.165) is 123 Å². The number of rotatable bonds is 16. The molecule has 0 amide bonds. The molecule has 2 aliphatic heterocycles. The van der Waals surface area contributed by atoms with Gasteiger partial charge in [0, 0.05) is 78.7 Å².